The topological polar surface area (TPSA) is 90.0 Å². The standard InChI is InChI=1S/C12H22N4O2S.ClH/c1-3-16-8-11(14-10(16)2)19(17,18)15-12(9-13)6-4-5-7-12;/h8,15H,3-7,9,13H2,1-2H3;1H. The zero-order valence-electron chi connectivity index (χ0n) is 11.9. The van der Waals surface area contributed by atoms with Gasteiger partial charge >= 0.3 is 0 Å². The molecule has 3 N–H and O–H groups in total. The summed E-state index contributed by atoms with van der Waals surface area (Å²) in [7, 11) is -3.59. The van der Waals surface area contributed by atoms with Crippen LogP contribution in [0.25, 0.3) is 0 Å². The Hall–Kier alpha value is -0.630. The van der Waals surface area contributed by atoms with Gasteiger partial charge in [-0.3, -0.25) is 0 Å². The first-order valence-corrected chi connectivity index (χ1v) is 8.18. The van der Waals surface area contributed by atoms with Gasteiger partial charge in [0.25, 0.3) is 10.0 Å². The van der Waals surface area contributed by atoms with Crippen molar-refractivity contribution in [2.24, 2.45) is 5.73 Å². The van der Waals surface area contributed by atoms with Crippen LogP contribution >= 0.6 is 12.4 Å². The van der Waals surface area contributed by atoms with Crippen molar-refractivity contribution in [3.8, 4) is 0 Å². The molecule has 0 saturated heterocycles. The molecule has 0 atom stereocenters. The van der Waals surface area contributed by atoms with E-state index in [9.17, 15) is 8.42 Å². The molecule has 1 aromatic heterocycles. The average molecular weight is 323 g/mol. The first kappa shape index (κ1) is 17.4. The van der Waals surface area contributed by atoms with E-state index in [4.69, 9.17) is 5.73 Å². The molecule has 6 nitrogen and oxygen atoms in total. The van der Waals surface area contributed by atoms with Gasteiger partial charge in [0, 0.05) is 24.8 Å². The molecule has 0 spiro atoms. The number of nitrogens with two attached hydrogens (primary N) is 1. The Labute approximate surface area is 126 Å². The SMILES string of the molecule is CCn1cc(S(=O)(=O)NC2(CN)CCCC2)nc1C.Cl. The van der Waals surface area contributed by atoms with Gasteiger partial charge in [0.2, 0.25) is 0 Å². The molecule has 1 aromatic rings. The molecule has 2 rings (SSSR count). The van der Waals surface area contributed by atoms with Crippen molar-refractivity contribution in [2.75, 3.05) is 6.54 Å². The second-order valence-corrected chi connectivity index (χ2v) is 6.84. The van der Waals surface area contributed by atoms with Crippen molar-refractivity contribution in [3.63, 3.8) is 0 Å². The van der Waals surface area contributed by atoms with Crippen molar-refractivity contribution < 1.29 is 8.42 Å². The van der Waals surface area contributed by atoms with E-state index in [1.165, 1.54) is 0 Å². The molecule has 1 aliphatic rings. The molecule has 0 radical (unpaired) electrons. The minimum absolute atomic E-state index is 0. The quantitative estimate of drug-likeness (QED) is 0.852. The molecule has 1 heterocycles. The highest BCUT2D eigenvalue weighted by Crippen LogP contribution is 2.30. The van der Waals surface area contributed by atoms with E-state index in [-0.39, 0.29) is 17.4 Å². The predicted octanol–water partition coefficient (Wildman–Crippen LogP) is 1.18. The number of nitrogens with one attached hydrogen (secondary N) is 1. The second-order valence-electron chi connectivity index (χ2n) is 5.21. The van der Waals surface area contributed by atoms with Gasteiger partial charge in [-0.25, -0.2) is 18.1 Å². The lowest BCUT2D eigenvalue weighted by atomic mass is 10.0. The Morgan fingerprint density at radius 2 is 2.05 bits per heavy atom. The van der Waals surface area contributed by atoms with E-state index in [1.54, 1.807) is 13.1 Å². The van der Waals surface area contributed by atoms with Gasteiger partial charge in [-0.2, -0.15) is 0 Å². The summed E-state index contributed by atoms with van der Waals surface area (Å²) in [5, 5.41) is 0.0894. The number of hydrogen-bond donors (Lipinski definition) is 2. The van der Waals surface area contributed by atoms with Gasteiger partial charge in [0.1, 0.15) is 5.82 Å². The minimum atomic E-state index is -3.59. The molecular weight excluding hydrogens is 300 g/mol. The molecule has 1 aliphatic carbocycles. The van der Waals surface area contributed by atoms with Crippen LogP contribution in [0.1, 0.15) is 38.4 Å². The molecule has 0 amide bonds. The smallest absolute Gasteiger partial charge is 0.260 e. The van der Waals surface area contributed by atoms with E-state index in [1.807, 2.05) is 11.5 Å². The third-order valence-corrected chi connectivity index (χ3v) is 5.32. The van der Waals surface area contributed by atoms with Gasteiger partial charge in [0.05, 0.1) is 0 Å². The van der Waals surface area contributed by atoms with E-state index in [2.05, 4.69) is 9.71 Å². The summed E-state index contributed by atoms with van der Waals surface area (Å²) in [5.74, 6) is 0.705. The van der Waals surface area contributed by atoms with E-state index >= 15 is 0 Å². The summed E-state index contributed by atoms with van der Waals surface area (Å²) in [4.78, 5) is 4.13. The van der Waals surface area contributed by atoms with Crippen molar-refractivity contribution in [1.29, 1.82) is 0 Å². The lowest BCUT2D eigenvalue weighted by molar-refractivity contribution is 0.399. The minimum Gasteiger partial charge on any atom is -0.334 e. The largest absolute Gasteiger partial charge is 0.334 e. The van der Waals surface area contributed by atoms with Gasteiger partial charge in [-0.1, -0.05) is 12.8 Å². The Morgan fingerprint density at radius 3 is 2.50 bits per heavy atom. The Kier molecular flexibility index (Phi) is 5.60. The van der Waals surface area contributed by atoms with Crippen LogP contribution in [0.2, 0.25) is 0 Å². The van der Waals surface area contributed by atoms with Gasteiger partial charge in [-0.15, -0.1) is 12.4 Å². The lowest BCUT2D eigenvalue weighted by Crippen LogP contribution is -2.51. The van der Waals surface area contributed by atoms with Gasteiger partial charge in [-0.05, 0) is 26.7 Å². The number of imidazole rings is 1. The summed E-state index contributed by atoms with van der Waals surface area (Å²) in [6, 6.07) is 0. The molecule has 20 heavy (non-hydrogen) atoms. The fraction of sp³-hybridized carbons (Fsp3) is 0.750. The van der Waals surface area contributed by atoms with E-state index < -0.39 is 15.6 Å². The maximum Gasteiger partial charge on any atom is 0.260 e. The number of hydrogen-bond acceptors (Lipinski definition) is 4. The molecule has 1 fully saturated rings. The summed E-state index contributed by atoms with van der Waals surface area (Å²) < 4.78 is 29.4. The fourth-order valence-electron chi connectivity index (χ4n) is 2.67. The summed E-state index contributed by atoms with van der Waals surface area (Å²) in [6.45, 7) is 4.80. The predicted molar refractivity (Wildman–Crippen MR) is 80.5 cm³/mol. The fourth-order valence-corrected chi connectivity index (χ4v) is 4.15. The van der Waals surface area contributed by atoms with Crippen LogP contribution in [-0.4, -0.2) is 30.1 Å². The molecule has 0 aromatic carbocycles. The number of nitrogens with zero attached hydrogens (tertiary/aromatic N) is 2. The maximum absolute atomic E-state index is 12.4. The molecule has 0 aliphatic heterocycles. The molecule has 116 valence electrons. The normalized spacial score (nSPS) is 17.9. The zero-order valence-corrected chi connectivity index (χ0v) is 13.6. The van der Waals surface area contributed by atoms with Gasteiger partial charge < -0.3 is 10.3 Å². The van der Waals surface area contributed by atoms with Crippen LogP contribution in [0, 0.1) is 6.92 Å². The lowest BCUT2D eigenvalue weighted by Gasteiger charge is -2.27. The summed E-state index contributed by atoms with van der Waals surface area (Å²) in [5.41, 5.74) is 5.28. The summed E-state index contributed by atoms with van der Waals surface area (Å²) >= 11 is 0. The van der Waals surface area contributed by atoms with Crippen LogP contribution < -0.4 is 10.5 Å². The van der Waals surface area contributed by atoms with Crippen molar-refractivity contribution >= 4 is 22.4 Å². The monoisotopic (exact) mass is 322 g/mol. The molecule has 1 saturated carbocycles. The van der Waals surface area contributed by atoms with Crippen molar-refractivity contribution in [3.05, 3.63) is 12.0 Å². The highest BCUT2D eigenvalue weighted by atomic mass is 35.5. The van der Waals surface area contributed by atoms with E-state index in [0.717, 1.165) is 25.7 Å². The van der Waals surface area contributed by atoms with Gasteiger partial charge in [0.15, 0.2) is 5.03 Å². The van der Waals surface area contributed by atoms with Crippen LogP contribution in [0.3, 0.4) is 0 Å². The number of aryl methyl sites for hydroxylation is 2. The number of sulfonamides is 1. The first-order valence-electron chi connectivity index (χ1n) is 6.70. The van der Waals surface area contributed by atoms with Crippen molar-refractivity contribution in [1.82, 2.24) is 14.3 Å². The van der Waals surface area contributed by atoms with Crippen LogP contribution in [0.15, 0.2) is 11.2 Å². The third kappa shape index (κ3) is 3.33. The Balaban J connectivity index is 0.00000200. The zero-order chi connectivity index (χ0) is 14.1. The number of aromatic nitrogens is 2. The van der Waals surface area contributed by atoms with Crippen LogP contribution in [-0.2, 0) is 16.6 Å². The first-order chi connectivity index (χ1) is 8.92. The second kappa shape index (κ2) is 6.43. The molecule has 0 bridgehead atoms. The molecule has 0 unspecified atom stereocenters. The highest BCUT2D eigenvalue weighted by molar-refractivity contribution is 7.89. The molecular formula is C12H23ClN4O2S. The Bertz CT molecular complexity index is 550. The number of rotatable bonds is 5. The highest BCUT2D eigenvalue weighted by Gasteiger charge is 2.37. The third-order valence-electron chi connectivity index (χ3n) is 3.87. The van der Waals surface area contributed by atoms with E-state index in [0.29, 0.717) is 18.9 Å². The van der Waals surface area contributed by atoms with Crippen LogP contribution in [0.5, 0.6) is 0 Å². The average Bonchev–Trinajstić information content (AvgIpc) is 2.96. The van der Waals surface area contributed by atoms with Crippen LogP contribution in [0.4, 0.5) is 0 Å². The maximum atomic E-state index is 12.4. The summed E-state index contributed by atoms with van der Waals surface area (Å²) in [6.07, 6.45) is 5.22. The Morgan fingerprint density at radius 1 is 1.45 bits per heavy atom. The molecule has 8 heteroatoms. The van der Waals surface area contributed by atoms with Crippen molar-refractivity contribution in [2.45, 2.75) is 56.6 Å². The number of halogens is 1.